The van der Waals surface area contributed by atoms with Crippen molar-refractivity contribution in [1.29, 1.82) is 0 Å². The van der Waals surface area contributed by atoms with Gasteiger partial charge in [-0.1, -0.05) is 26.8 Å². The highest BCUT2D eigenvalue weighted by Gasteiger charge is 2.68. The summed E-state index contributed by atoms with van der Waals surface area (Å²) in [5.41, 5.74) is 0.912. The van der Waals surface area contributed by atoms with Crippen LogP contribution in [0.15, 0.2) is 12.7 Å². The molecular weight excluding hydrogens is 272 g/mol. The van der Waals surface area contributed by atoms with Crippen molar-refractivity contribution in [2.24, 2.45) is 28.1 Å². The van der Waals surface area contributed by atoms with Crippen LogP contribution in [0.25, 0.3) is 0 Å². The van der Waals surface area contributed by atoms with Crippen molar-refractivity contribution < 1.29 is 9.78 Å². The minimum atomic E-state index is -0.0241. The molecule has 2 heteroatoms. The van der Waals surface area contributed by atoms with E-state index in [4.69, 9.17) is 9.78 Å². The summed E-state index contributed by atoms with van der Waals surface area (Å²) in [4.78, 5) is 12.0. The molecule has 0 spiro atoms. The van der Waals surface area contributed by atoms with Gasteiger partial charge in [0, 0.05) is 5.41 Å². The fourth-order valence-electron chi connectivity index (χ4n) is 6.74. The molecule has 3 saturated carbocycles. The van der Waals surface area contributed by atoms with E-state index in [1.807, 2.05) is 0 Å². The molecule has 0 N–H and O–H groups in total. The highest BCUT2D eigenvalue weighted by molar-refractivity contribution is 5.17. The SMILES string of the molecule is C=CC1(C)CCC2(C)C(CCC3C4(C)CCCC32OOC4)C1. The molecule has 1 aliphatic heterocycles. The Kier molecular flexibility index (Phi) is 3.18. The summed E-state index contributed by atoms with van der Waals surface area (Å²) in [6, 6.07) is 0. The van der Waals surface area contributed by atoms with Gasteiger partial charge in [-0.05, 0) is 74.0 Å². The molecule has 3 aliphatic carbocycles. The first-order chi connectivity index (χ1) is 10.4. The average Bonchev–Trinajstić information content (AvgIpc) is 2.48. The number of hydrogen-bond donors (Lipinski definition) is 0. The first kappa shape index (κ1) is 15.2. The van der Waals surface area contributed by atoms with Gasteiger partial charge in [-0.15, -0.1) is 6.58 Å². The van der Waals surface area contributed by atoms with Gasteiger partial charge in [0.25, 0.3) is 0 Å². The molecule has 0 aromatic rings. The van der Waals surface area contributed by atoms with E-state index >= 15 is 0 Å². The Labute approximate surface area is 135 Å². The van der Waals surface area contributed by atoms with Crippen LogP contribution < -0.4 is 0 Å². The molecule has 0 aromatic carbocycles. The van der Waals surface area contributed by atoms with Crippen molar-refractivity contribution in [3.63, 3.8) is 0 Å². The molecule has 1 saturated heterocycles. The molecule has 2 nitrogen and oxygen atoms in total. The van der Waals surface area contributed by atoms with Crippen molar-refractivity contribution >= 4 is 0 Å². The summed E-state index contributed by atoms with van der Waals surface area (Å²) in [7, 11) is 0. The predicted molar refractivity (Wildman–Crippen MR) is 88.2 cm³/mol. The van der Waals surface area contributed by atoms with Crippen LogP contribution in [0.4, 0.5) is 0 Å². The molecule has 124 valence electrons. The monoisotopic (exact) mass is 304 g/mol. The van der Waals surface area contributed by atoms with E-state index in [-0.39, 0.29) is 11.0 Å². The second-order valence-electron chi connectivity index (χ2n) is 9.55. The molecule has 6 atom stereocenters. The summed E-state index contributed by atoms with van der Waals surface area (Å²) < 4.78 is 0. The van der Waals surface area contributed by atoms with Crippen molar-refractivity contribution in [2.45, 2.75) is 77.7 Å². The molecular formula is C20H32O2. The van der Waals surface area contributed by atoms with Crippen LogP contribution in [0.5, 0.6) is 0 Å². The number of rotatable bonds is 1. The van der Waals surface area contributed by atoms with E-state index < -0.39 is 0 Å². The molecule has 4 fully saturated rings. The lowest BCUT2D eigenvalue weighted by molar-refractivity contribution is -0.471. The predicted octanol–water partition coefficient (Wildman–Crippen LogP) is 5.29. The van der Waals surface area contributed by atoms with Crippen LogP contribution in [0.2, 0.25) is 0 Å². The minimum Gasteiger partial charge on any atom is -0.236 e. The lowest BCUT2D eigenvalue weighted by Gasteiger charge is -2.68. The lowest BCUT2D eigenvalue weighted by Crippen LogP contribution is -2.69. The maximum Gasteiger partial charge on any atom is 0.112 e. The van der Waals surface area contributed by atoms with Crippen molar-refractivity contribution in [1.82, 2.24) is 0 Å². The van der Waals surface area contributed by atoms with E-state index in [0.717, 1.165) is 12.5 Å². The van der Waals surface area contributed by atoms with Crippen molar-refractivity contribution in [3.05, 3.63) is 12.7 Å². The van der Waals surface area contributed by atoms with Gasteiger partial charge in [-0.3, -0.25) is 0 Å². The molecule has 2 bridgehead atoms. The number of fused-ring (bicyclic) bond motifs is 1. The van der Waals surface area contributed by atoms with Gasteiger partial charge in [0.15, 0.2) is 0 Å². The molecule has 1 heterocycles. The first-order valence-corrected chi connectivity index (χ1v) is 9.32. The van der Waals surface area contributed by atoms with Gasteiger partial charge < -0.3 is 0 Å². The Morgan fingerprint density at radius 1 is 1.05 bits per heavy atom. The molecule has 0 radical (unpaired) electrons. The fourth-order valence-corrected chi connectivity index (χ4v) is 6.74. The van der Waals surface area contributed by atoms with Gasteiger partial charge in [0.05, 0.1) is 6.61 Å². The normalized spacial score (nSPS) is 57.6. The van der Waals surface area contributed by atoms with E-state index in [9.17, 15) is 0 Å². The van der Waals surface area contributed by atoms with Crippen molar-refractivity contribution in [2.75, 3.05) is 6.61 Å². The van der Waals surface area contributed by atoms with Crippen LogP contribution in [0.3, 0.4) is 0 Å². The molecule has 4 rings (SSSR count). The first-order valence-electron chi connectivity index (χ1n) is 9.32. The maximum absolute atomic E-state index is 6.25. The van der Waals surface area contributed by atoms with Crippen LogP contribution in [0, 0.1) is 28.1 Å². The van der Waals surface area contributed by atoms with Gasteiger partial charge >= 0.3 is 0 Å². The third-order valence-electron chi connectivity index (χ3n) is 8.39. The average molecular weight is 304 g/mol. The summed E-state index contributed by atoms with van der Waals surface area (Å²) in [6.45, 7) is 12.3. The van der Waals surface area contributed by atoms with Crippen LogP contribution >= 0.6 is 0 Å². The summed E-state index contributed by atoms with van der Waals surface area (Å²) in [5.74, 6) is 1.45. The Bertz CT molecular complexity index is 474. The van der Waals surface area contributed by atoms with Crippen LogP contribution in [-0.2, 0) is 9.78 Å². The Morgan fingerprint density at radius 3 is 2.64 bits per heavy atom. The van der Waals surface area contributed by atoms with E-state index in [2.05, 4.69) is 33.4 Å². The zero-order valence-corrected chi connectivity index (χ0v) is 14.6. The summed E-state index contributed by atoms with van der Waals surface area (Å²) in [5, 5.41) is 0. The van der Waals surface area contributed by atoms with Gasteiger partial charge in [0.1, 0.15) is 5.60 Å². The number of hydrogen-bond acceptors (Lipinski definition) is 2. The largest absolute Gasteiger partial charge is 0.236 e. The maximum atomic E-state index is 6.25. The topological polar surface area (TPSA) is 18.5 Å². The molecule has 6 unspecified atom stereocenters. The highest BCUT2D eigenvalue weighted by Crippen LogP contribution is 2.69. The molecule has 4 aliphatic rings. The van der Waals surface area contributed by atoms with Gasteiger partial charge in [-0.2, -0.15) is 0 Å². The minimum absolute atomic E-state index is 0.0241. The fraction of sp³-hybridized carbons (Fsp3) is 0.900. The van der Waals surface area contributed by atoms with Crippen LogP contribution in [-0.4, -0.2) is 12.2 Å². The quantitative estimate of drug-likeness (QED) is 0.484. The van der Waals surface area contributed by atoms with E-state index in [1.165, 1.54) is 51.4 Å². The standard InChI is InChI=1S/C20H32O2/c1-5-17(2)11-12-19(4)15(13-17)7-8-16-18(3)9-6-10-20(16,19)22-21-14-18/h5,15-16H,1,6-14H2,2-4H3. The molecule has 22 heavy (non-hydrogen) atoms. The zero-order chi connectivity index (χ0) is 15.6. The second kappa shape index (κ2) is 4.60. The van der Waals surface area contributed by atoms with E-state index in [1.54, 1.807) is 0 Å². The highest BCUT2D eigenvalue weighted by atomic mass is 17.2. The second-order valence-corrected chi connectivity index (χ2v) is 9.55. The summed E-state index contributed by atoms with van der Waals surface area (Å²) >= 11 is 0. The van der Waals surface area contributed by atoms with Crippen molar-refractivity contribution in [3.8, 4) is 0 Å². The van der Waals surface area contributed by atoms with E-state index in [0.29, 0.717) is 16.7 Å². The zero-order valence-electron chi connectivity index (χ0n) is 14.6. The third-order valence-corrected chi connectivity index (χ3v) is 8.39. The Morgan fingerprint density at radius 2 is 1.86 bits per heavy atom. The summed E-state index contributed by atoms with van der Waals surface area (Å²) in [6.07, 6.45) is 12.5. The van der Waals surface area contributed by atoms with Gasteiger partial charge in [0.2, 0.25) is 0 Å². The van der Waals surface area contributed by atoms with Gasteiger partial charge in [-0.25, -0.2) is 9.78 Å². The Balaban J connectivity index is 1.74. The molecule has 0 amide bonds. The molecule has 0 aromatic heterocycles. The third kappa shape index (κ3) is 1.74. The Hall–Kier alpha value is -0.340. The number of allylic oxidation sites excluding steroid dienone is 1. The smallest absolute Gasteiger partial charge is 0.112 e. The lowest BCUT2D eigenvalue weighted by atomic mass is 9.41. The van der Waals surface area contributed by atoms with Crippen LogP contribution in [0.1, 0.15) is 72.1 Å².